The van der Waals surface area contributed by atoms with E-state index in [1.807, 2.05) is 30.3 Å². The maximum absolute atomic E-state index is 11.6. The summed E-state index contributed by atoms with van der Waals surface area (Å²) < 4.78 is 21.7. The Kier molecular flexibility index (Phi) is 4.29. The van der Waals surface area contributed by atoms with E-state index in [9.17, 15) is 9.90 Å². The fourth-order valence-corrected chi connectivity index (χ4v) is 2.41. The lowest BCUT2D eigenvalue weighted by molar-refractivity contribution is 0.265. The Morgan fingerprint density at radius 1 is 1.04 bits per heavy atom. The maximum Gasteiger partial charge on any atom is 0.340 e. The van der Waals surface area contributed by atoms with Crippen molar-refractivity contribution < 1.29 is 23.7 Å². The van der Waals surface area contributed by atoms with Crippen molar-refractivity contribution in [3.63, 3.8) is 0 Å². The Bertz CT molecular complexity index is 914. The van der Waals surface area contributed by atoms with Gasteiger partial charge in [0.05, 0.1) is 25.7 Å². The van der Waals surface area contributed by atoms with E-state index in [4.69, 9.17) is 18.6 Å². The SMILES string of the molecule is COc1cc2c(O)cc(=O)oc2c(OC)c1OCc1ccccc1. The van der Waals surface area contributed by atoms with Gasteiger partial charge < -0.3 is 23.7 Å². The van der Waals surface area contributed by atoms with Crippen molar-refractivity contribution in [2.75, 3.05) is 14.2 Å². The second-order valence-corrected chi connectivity index (χ2v) is 5.04. The lowest BCUT2D eigenvalue weighted by atomic mass is 10.1. The maximum atomic E-state index is 11.6. The van der Waals surface area contributed by atoms with Crippen LogP contribution in [0.15, 0.2) is 51.7 Å². The predicted molar refractivity (Wildman–Crippen MR) is 88.0 cm³/mol. The minimum Gasteiger partial charge on any atom is -0.507 e. The van der Waals surface area contributed by atoms with Crippen LogP contribution in [0.5, 0.6) is 23.0 Å². The van der Waals surface area contributed by atoms with Gasteiger partial charge in [0.1, 0.15) is 12.4 Å². The fraction of sp³-hybridized carbons (Fsp3) is 0.167. The molecular formula is C18H16O6. The first-order chi connectivity index (χ1) is 11.6. The molecule has 0 amide bonds. The highest BCUT2D eigenvalue weighted by Crippen LogP contribution is 2.45. The highest BCUT2D eigenvalue weighted by atomic mass is 16.5. The summed E-state index contributed by atoms with van der Waals surface area (Å²) in [5.41, 5.74) is 0.378. The Labute approximate surface area is 137 Å². The van der Waals surface area contributed by atoms with Gasteiger partial charge in [0.25, 0.3) is 0 Å². The first-order valence-electron chi connectivity index (χ1n) is 7.22. The molecule has 1 N–H and O–H groups in total. The molecule has 6 heteroatoms. The van der Waals surface area contributed by atoms with Gasteiger partial charge in [0, 0.05) is 0 Å². The first kappa shape index (κ1) is 15.7. The van der Waals surface area contributed by atoms with Crippen LogP contribution in [0.2, 0.25) is 0 Å². The van der Waals surface area contributed by atoms with Crippen molar-refractivity contribution in [1.29, 1.82) is 0 Å². The number of hydrogen-bond donors (Lipinski definition) is 1. The molecule has 24 heavy (non-hydrogen) atoms. The zero-order valence-corrected chi connectivity index (χ0v) is 13.2. The lowest BCUT2D eigenvalue weighted by Gasteiger charge is -2.16. The molecular weight excluding hydrogens is 312 g/mol. The standard InChI is InChI=1S/C18H16O6/c1-21-14-8-12-13(19)9-15(20)24-16(12)18(22-2)17(14)23-10-11-6-4-3-5-7-11/h3-9,19H,10H2,1-2H3. The van der Waals surface area contributed by atoms with Gasteiger partial charge in [-0.05, 0) is 11.6 Å². The van der Waals surface area contributed by atoms with E-state index in [-0.39, 0.29) is 23.7 Å². The van der Waals surface area contributed by atoms with Crippen LogP contribution < -0.4 is 19.8 Å². The smallest absolute Gasteiger partial charge is 0.340 e. The molecule has 0 saturated heterocycles. The summed E-state index contributed by atoms with van der Waals surface area (Å²) in [7, 11) is 2.90. The number of rotatable bonds is 5. The molecule has 6 nitrogen and oxygen atoms in total. The van der Waals surface area contributed by atoms with Crippen molar-refractivity contribution in [1.82, 2.24) is 0 Å². The zero-order chi connectivity index (χ0) is 17.1. The summed E-state index contributed by atoms with van der Waals surface area (Å²) in [6.45, 7) is 0.280. The summed E-state index contributed by atoms with van der Waals surface area (Å²) in [6.07, 6.45) is 0. The van der Waals surface area contributed by atoms with Gasteiger partial charge in [-0.25, -0.2) is 4.79 Å². The monoisotopic (exact) mass is 328 g/mol. The molecule has 3 rings (SSSR count). The van der Waals surface area contributed by atoms with Crippen molar-refractivity contribution in [3.8, 4) is 23.0 Å². The van der Waals surface area contributed by atoms with Crippen LogP contribution in [-0.4, -0.2) is 19.3 Å². The minimum atomic E-state index is -0.683. The molecule has 0 radical (unpaired) electrons. The molecule has 0 spiro atoms. The number of benzene rings is 2. The van der Waals surface area contributed by atoms with Gasteiger partial charge in [-0.3, -0.25) is 0 Å². The van der Waals surface area contributed by atoms with E-state index in [1.54, 1.807) is 0 Å². The number of ether oxygens (including phenoxy) is 3. The third-order valence-corrected chi connectivity index (χ3v) is 3.54. The third-order valence-electron chi connectivity index (χ3n) is 3.54. The molecule has 0 saturated carbocycles. The van der Waals surface area contributed by atoms with Crippen LogP contribution in [0.25, 0.3) is 11.0 Å². The van der Waals surface area contributed by atoms with Crippen molar-refractivity contribution >= 4 is 11.0 Å². The molecule has 0 atom stereocenters. The molecule has 3 aromatic rings. The molecule has 1 aromatic heterocycles. The van der Waals surface area contributed by atoms with E-state index in [0.717, 1.165) is 11.6 Å². The van der Waals surface area contributed by atoms with Crippen LogP contribution in [-0.2, 0) is 6.61 Å². The number of aromatic hydroxyl groups is 1. The average molecular weight is 328 g/mol. The van der Waals surface area contributed by atoms with E-state index in [2.05, 4.69) is 0 Å². The molecule has 0 aliphatic rings. The molecule has 0 fully saturated rings. The Morgan fingerprint density at radius 2 is 1.79 bits per heavy atom. The highest BCUT2D eigenvalue weighted by Gasteiger charge is 2.21. The Balaban J connectivity index is 2.13. The van der Waals surface area contributed by atoms with Gasteiger partial charge >= 0.3 is 5.63 Å². The van der Waals surface area contributed by atoms with Gasteiger partial charge in [-0.15, -0.1) is 0 Å². The summed E-state index contributed by atoms with van der Waals surface area (Å²) in [5, 5.41) is 10.3. The van der Waals surface area contributed by atoms with Crippen molar-refractivity contribution in [2.24, 2.45) is 0 Å². The number of hydrogen-bond acceptors (Lipinski definition) is 6. The van der Waals surface area contributed by atoms with Crippen LogP contribution in [0.4, 0.5) is 0 Å². The summed E-state index contributed by atoms with van der Waals surface area (Å²) in [5.74, 6) is 0.630. The molecule has 0 unspecified atom stereocenters. The number of methoxy groups -OCH3 is 2. The second-order valence-electron chi connectivity index (χ2n) is 5.04. The van der Waals surface area contributed by atoms with Crippen molar-refractivity contribution in [3.05, 3.63) is 58.4 Å². The average Bonchev–Trinajstić information content (AvgIpc) is 2.59. The van der Waals surface area contributed by atoms with E-state index < -0.39 is 5.63 Å². The largest absolute Gasteiger partial charge is 0.507 e. The third kappa shape index (κ3) is 2.86. The van der Waals surface area contributed by atoms with E-state index >= 15 is 0 Å². The summed E-state index contributed by atoms with van der Waals surface area (Å²) in [4.78, 5) is 11.6. The molecule has 2 aromatic carbocycles. The van der Waals surface area contributed by atoms with Crippen LogP contribution >= 0.6 is 0 Å². The minimum absolute atomic E-state index is 0.103. The normalized spacial score (nSPS) is 10.6. The molecule has 1 heterocycles. The van der Waals surface area contributed by atoms with Gasteiger partial charge in [0.15, 0.2) is 11.3 Å². The predicted octanol–water partition coefficient (Wildman–Crippen LogP) is 3.09. The quantitative estimate of drug-likeness (QED) is 0.725. The van der Waals surface area contributed by atoms with Crippen LogP contribution in [0.3, 0.4) is 0 Å². The fourth-order valence-electron chi connectivity index (χ4n) is 2.41. The highest BCUT2D eigenvalue weighted by molar-refractivity contribution is 5.92. The van der Waals surface area contributed by atoms with Crippen LogP contribution in [0.1, 0.15) is 5.56 Å². The van der Waals surface area contributed by atoms with Crippen LogP contribution in [0, 0.1) is 0 Å². The lowest BCUT2D eigenvalue weighted by Crippen LogP contribution is -2.03. The van der Waals surface area contributed by atoms with Gasteiger partial charge in [-0.2, -0.15) is 0 Å². The summed E-state index contributed by atoms with van der Waals surface area (Å²) in [6, 6.07) is 12.1. The van der Waals surface area contributed by atoms with E-state index in [0.29, 0.717) is 16.9 Å². The molecule has 0 aliphatic heterocycles. The molecule has 0 aliphatic carbocycles. The molecule has 124 valence electrons. The van der Waals surface area contributed by atoms with Crippen molar-refractivity contribution in [2.45, 2.75) is 6.61 Å². The second kappa shape index (κ2) is 6.54. The topological polar surface area (TPSA) is 78.1 Å². The zero-order valence-electron chi connectivity index (χ0n) is 13.2. The molecule has 0 bridgehead atoms. The Morgan fingerprint density at radius 3 is 2.46 bits per heavy atom. The first-order valence-corrected chi connectivity index (χ1v) is 7.22. The van der Waals surface area contributed by atoms with Gasteiger partial charge in [0.2, 0.25) is 11.5 Å². The summed E-state index contributed by atoms with van der Waals surface area (Å²) >= 11 is 0. The van der Waals surface area contributed by atoms with E-state index in [1.165, 1.54) is 20.3 Å². The Hall–Kier alpha value is -3.15. The van der Waals surface area contributed by atoms with Gasteiger partial charge in [-0.1, -0.05) is 30.3 Å². The number of fused-ring (bicyclic) bond motifs is 1.